The van der Waals surface area contributed by atoms with E-state index in [-0.39, 0.29) is 5.56 Å². The molecular weight excluding hydrogens is 369 g/mol. The molecule has 144 valence electrons. The molecule has 1 aliphatic rings. The van der Waals surface area contributed by atoms with Gasteiger partial charge in [0, 0.05) is 17.3 Å². The molecule has 0 amide bonds. The first kappa shape index (κ1) is 17.2. The van der Waals surface area contributed by atoms with Gasteiger partial charge in [-0.3, -0.25) is 10.2 Å². The predicted molar refractivity (Wildman–Crippen MR) is 98.5 cm³/mol. The Morgan fingerprint density at radius 3 is 2.50 bits per heavy atom. The van der Waals surface area contributed by atoms with Crippen molar-refractivity contribution in [3.63, 3.8) is 0 Å². The zero-order valence-electron chi connectivity index (χ0n) is 14.8. The Morgan fingerprint density at radius 1 is 1.00 bits per heavy atom. The summed E-state index contributed by atoms with van der Waals surface area (Å²) in [5.41, 5.74) is 9.52. The van der Waals surface area contributed by atoms with E-state index in [9.17, 15) is 13.2 Å². The van der Waals surface area contributed by atoms with Crippen LogP contribution in [0.15, 0.2) is 18.3 Å². The third-order valence-corrected chi connectivity index (χ3v) is 5.44. The van der Waals surface area contributed by atoms with Crippen molar-refractivity contribution < 1.29 is 13.2 Å². The Balaban J connectivity index is 1.89. The van der Waals surface area contributed by atoms with E-state index in [1.54, 1.807) is 0 Å². The van der Waals surface area contributed by atoms with Gasteiger partial charge in [-0.2, -0.15) is 23.4 Å². The van der Waals surface area contributed by atoms with Gasteiger partial charge in [0.2, 0.25) is 0 Å². The highest BCUT2D eigenvalue weighted by molar-refractivity contribution is 6.09. The van der Waals surface area contributed by atoms with Gasteiger partial charge in [0.1, 0.15) is 5.69 Å². The maximum atomic E-state index is 13.5. The summed E-state index contributed by atoms with van der Waals surface area (Å²) >= 11 is 0. The molecule has 3 aromatic heterocycles. The second-order valence-electron chi connectivity index (χ2n) is 7.04. The van der Waals surface area contributed by atoms with E-state index < -0.39 is 11.9 Å². The zero-order chi connectivity index (χ0) is 19.5. The number of hydrogen-bond acceptors (Lipinski definition) is 4. The van der Waals surface area contributed by atoms with Crippen LogP contribution in [0.1, 0.15) is 35.4 Å². The number of fused-ring (bicyclic) bond motifs is 5. The lowest BCUT2D eigenvalue weighted by molar-refractivity contribution is -0.140. The second-order valence-corrected chi connectivity index (χ2v) is 7.04. The molecule has 5 rings (SSSR count). The number of pyridine rings is 1. The topological polar surface area (TPSA) is 96.3 Å². The predicted octanol–water partition coefficient (Wildman–Crippen LogP) is 3.86. The minimum absolute atomic E-state index is 0.00103. The molecule has 1 aliphatic carbocycles. The van der Waals surface area contributed by atoms with Crippen LogP contribution in [0.2, 0.25) is 0 Å². The summed E-state index contributed by atoms with van der Waals surface area (Å²) in [6, 6.07) is 3.63. The van der Waals surface area contributed by atoms with Crippen molar-refractivity contribution in [3.8, 4) is 11.3 Å². The number of alkyl halides is 3. The lowest BCUT2D eigenvalue weighted by Gasteiger charge is -2.22. The molecular formula is C19H17F3N6. The normalized spacial score (nSPS) is 14.7. The number of benzene rings is 1. The van der Waals surface area contributed by atoms with Gasteiger partial charge in [0.15, 0.2) is 0 Å². The number of nitrogens with one attached hydrogen (secondary N) is 2. The molecule has 0 atom stereocenters. The number of aryl methyl sites for hydroxylation is 1. The standard InChI is InChI=1S/C19H17F3N6/c20-19(21,22)18-11(8-24-28-18)17-10-4-2-1-3-9(10)15-12(25-17)5-6-13-16(15)14(7-23)27-26-13/h5-6,8H,1-4,7,23H2,(H,24,28)(H,26,27). The maximum absolute atomic E-state index is 13.5. The molecule has 28 heavy (non-hydrogen) atoms. The van der Waals surface area contributed by atoms with Crippen molar-refractivity contribution in [2.24, 2.45) is 5.73 Å². The smallest absolute Gasteiger partial charge is 0.325 e. The number of halogens is 3. The van der Waals surface area contributed by atoms with E-state index in [2.05, 4.69) is 25.4 Å². The van der Waals surface area contributed by atoms with Crippen LogP contribution in [-0.4, -0.2) is 25.4 Å². The second kappa shape index (κ2) is 6.03. The Hall–Kier alpha value is -2.94. The largest absolute Gasteiger partial charge is 0.433 e. The van der Waals surface area contributed by atoms with Crippen LogP contribution < -0.4 is 5.73 Å². The zero-order valence-corrected chi connectivity index (χ0v) is 14.8. The quantitative estimate of drug-likeness (QED) is 0.487. The number of aromatic nitrogens is 5. The molecule has 4 N–H and O–H groups in total. The molecule has 0 aliphatic heterocycles. The lowest BCUT2D eigenvalue weighted by atomic mass is 9.85. The maximum Gasteiger partial charge on any atom is 0.433 e. The van der Waals surface area contributed by atoms with Gasteiger partial charge in [-0.25, -0.2) is 4.98 Å². The van der Waals surface area contributed by atoms with Crippen LogP contribution in [0.4, 0.5) is 13.2 Å². The highest BCUT2D eigenvalue weighted by atomic mass is 19.4. The Labute approximate surface area is 157 Å². The van der Waals surface area contributed by atoms with E-state index in [1.165, 1.54) is 6.20 Å². The van der Waals surface area contributed by atoms with Crippen molar-refractivity contribution >= 4 is 21.8 Å². The summed E-state index contributed by atoms with van der Waals surface area (Å²) in [5.74, 6) is 0. The molecule has 0 saturated carbocycles. The highest BCUT2D eigenvalue weighted by Crippen LogP contribution is 2.41. The SMILES string of the molecule is NCc1[nH]nc2ccc3nc(-c4cn[nH]c4C(F)(F)F)c4c(c3c12)CCCC4. The number of aromatic amines is 2. The average molecular weight is 386 g/mol. The monoisotopic (exact) mass is 386 g/mol. The first-order valence-electron chi connectivity index (χ1n) is 9.11. The molecule has 0 saturated heterocycles. The van der Waals surface area contributed by atoms with E-state index in [1.807, 2.05) is 12.1 Å². The van der Waals surface area contributed by atoms with E-state index in [0.29, 0.717) is 24.2 Å². The van der Waals surface area contributed by atoms with Gasteiger partial charge in [0.05, 0.1) is 34.2 Å². The Kier molecular flexibility index (Phi) is 3.70. The molecule has 0 radical (unpaired) electrons. The van der Waals surface area contributed by atoms with Crippen molar-refractivity contribution in [1.82, 2.24) is 25.4 Å². The summed E-state index contributed by atoms with van der Waals surface area (Å²) in [6.07, 6.45) is 0.0583. The third-order valence-electron chi connectivity index (χ3n) is 5.44. The van der Waals surface area contributed by atoms with Gasteiger partial charge in [-0.15, -0.1) is 0 Å². The molecule has 4 aromatic rings. The van der Waals surface area contributed by atoms with Crippen molar-refractivity contribution in [3.05, 3.63) is 40.8 Å². The molecule has 6 nitrogen and oxygen atoms in total. The van der Waals surface area contributed by atoms with Gasteiger partial charge < -0.3 is 5.73 Å². The average Bonchev–Trinajstić information content (AvgIpc) is 3.33. The van der Waals surface area contributed by atoms with E-state index in [4.69, 9.17) is 5.73 Å². The van der Waals surface area contributed by atoms with Crippen molar-refractivity contribution in [1.29, 1.82) is 0 Å². The van der Waals surface area contributed by atoms with Crippen molar-refractivity contribution in [2.45, 2.75) is 38.4 Å². The number of rotatable bonds is 2. The fraction of sp³-hybridized carbons (Fsp3) is 0.316. The number of hydrogen-bond donors (Lipinski definition) is 3. The van der Waals surface area contributed by atoms with Gasteiger partial charge in [-0.1, -0.05) is 0 Å². The Morgan fingerprint density at radius 2 is 1.75 bits per heavy atom. The van der Waals surface area contributed by atoms with Crippen LogP contribution in [0.5, 0.6) is 0 Å². The summed E-state index contributed by atoms with van der Waals surface area (Å²) in [4.78, 5) is 4.67. The van der Waals surface area contributed by atoms with Gasteiger partial charge in [-0.05, 0) is 48.9 Å². The number of nitrogens with zero attached hydrogens (tertiary/aromatic N) is 3. The molecule has 3 heterocycles. The molecule has 0 bridgehead atoms. The summed E-state index contributed by atoms with van der Waals surface area (Å²) in [6.45, 7) is 0.298. The van der Waals surface area contributed by atoms with Crippen molar-refractivity contribution in [2.75, 3.05) is 0 Å². The first-order valence-corrected chi connectivity index (χ1v) is 9.11. The van der Waals surface area contributed by atoms with E-state index in [0.717, 1.165) is 52.4 Å². The van der Waals surface area contributed by atoms with Gasteiger partial charge in [0.25, 0.3) is 0 Å². The fourth-order valence-corrected chi connectivity index (χ4v) is 4.24. The first-order chi connectivity index (χ1) is 13.5. The summed E-state index contributed by atoms with van der Waals surface area (Å²) in [5, 5.41) is 14.9. The minimum Gasteiger partial charge on any atom is -0.325 e. The minimum atomic E-state index is -4.52. The van der Waals surface area contributed by atoms with Crippen LogP contribution in [0.25, 0.3) is 33.1 Å². The summed E-state index contributed by atoms with van der Waals surface area (Å²) in [7, 11) is 0. The molecule has 9 heteroatoms. The highest BCUT2D eigenvalue weighted by Gasteiger charge is 2.37. The molecule has 0 unspecified atom stereocenters. The van der Waals surface area contributed by atoms with Crippen LogP contribution in [0.3, 0.4) is 0 Å². The Bertz CT molecular complexity index is 1200. The van der Waals surface area contributed by atoms with Crippen LogP contribution in [-0.2, 0) is 25.6 Å². The van der Waals surface area contributed by atoms with Crippen LogP contribution in [0, 0.1) is 0 Å². The fourth-order valence-electron chi connectivity index (χ4n) is 4.24. The number of H-pyrrole nitrogens is 2. The van der Waals surface area contributed by atoms with Gasteiger partial charge >= 0.3 is 6.18 Å². The lowest BCUT2D eigenvalue weighted by Crippen LogP contribution is -2.11. The van der Waals surface area contributed by atoms with Crippen LogP contribution >= 0.6 is 0 Å². The summed E-state index contributed by atoms with van der Waals surface area (Å²) < 4.78 is 40.4. The molecule has 0 fully saturated rings. The van der Waals surface area contributed by atoms with E-state index >= 15 is 0 Å². The molecule has 1 aromatic carbocycles. The molecule has 0 spiro atoms. The number of nitrogens with two attached hydrogens (primary N) is 1. The third kappa shape index (κ3) is 2.42.